The molecule has 1 N–H and O–H groups in total. The zero-order valence-corrected chi connectivity index (χ0v) is 26.2. The van der Waals surface area contributed by atoms with E-state index in [-0.39, 0.29) is 24.2 Å². The average molecular weight is 637 g/mol. The van der Waals surface area contributed by atoms with Gasteiger partial charge in [-0.15, -0.1) is 15.3 Å². The van der Waals surface area contributed by atoms with Crippen molar-refractivity contribution in [3.63, 3.8) is 0 Å². The first-order valence-corrected chi connectivity index (χ1v) is 18.1. The van der Waals surface area contributed by atoms with Crippen LogP contribution in [0.4, 0.5) is 0 Å². The fourth-order valence-corrected chi connectivity index (χ4v) is 12.7. The van der Waals surface area contributed by atoms with Gasteiger partial charge < -0.3 is 0 Å². The zero-order valence-electron chi connectivity index (χ0n) is 25.4. The molecular formula is C30H40N10O4S. The smallest absolute Gasteiger partial charge is 0.285 e. The molecule has 8 aliphatic rings. The second-order valence-corrected chi connectivity index (χ2v) is 16.8. The van der Waals surface area contributed by atoms with Crippen molar-refractivity contribution in [2.24, 2.45) is 40.9 Å². The van der Waals surface area contributed by atoms with Crippen LogP contribution in [0.3, 0.4) is 0 Å². The number of hydrogen-bond acceptors (Lipinski definition) is 10. The molecule has 3 heterocycles. The average Bonchev–Trinajstić information content (AvgIpc) is 3.68. The van der Waals surface area contributed by atoms with Gasteiger partial charge in [-0.2, -0.15) is 8.42 Å². The van der Waals surface area contributed by atoms with Crippen molar-refractivity contribution in [1.29, 1.82) is 0 Å². The molecule has 14 nitrogen and oxygen atoms in total. The standard InChI is InChI=1S/C30H40N10O4S/c41-45(42,43)44-2-1-38-16-25(31-34-38)13-37(14-26-17-39(35-32-26)28-8-19-3-20(9-28)5-21(4-19)10-28)15-27-18-40(36-33-27)29-11-23-6-22-7-24(12-29)30(22,23)29/h16-24H,1-15H2,(H,41,42,43). The summed E-state index contributed by atoms with van der Waals surface area (Å²) >= 11 is 0. The predicted molar refractivity (Wildman–Crippen MR) is 156 cm³/mol. The van der Waals surface area contributed by atoms with Crippen LogP contribution in [0.25, 0.3) is 0 Å². The number of hydrogen-bond donors (Lipinski definition) is 1. The second kappa shape index (κ2) is 9.20. The van der Waals surface area contributed by atoms with Crippen molar-refractivity contribution in [2.75, 3.05) is 6.61 Å². The quantitative estimate of drug-likeness (QED) is 0.291. The summed E-state index contributed by atoms with van der Waals surface area (Å²) in [6.45, 7) is 1.58. The van der Waals surface area contributed by atoms with Gasteiger partial charge in [0.2, 0.25) is 0 Å². The highest BCUT2D eigenvalue weighted by molar-refractivity contribution is 7.80. The highest BCUT2D eigenvalue weighted by Gasteiger charge is 2.89. The molecule has 0 amide bonds. The van der Waals surface area contributed by atoms with E-state index in [4.69, 9.17) is 15.0 Å². The molecule has 8 aliphatic carbocycles. The first-order valence-electron chi connectivity index (χ1n) is 16.8. The van der Waals surface area contributed by atoms with Crippen LogP contribution >= 0.6 is 0 Å². The van der Waals surface area contributed by atoms with Gasteiger partial charge in [0.15, 0.2) is 0 Å². The Labute approximate surface area is 261 Å². The SMILES string of the molecule is O=S(=O)(O)OCCn1cc(CN(Cc2cn(C34CC5CC(CC(C5)C3)C4)nn2)Cc2cn(C34CC5CC6CC(C3)C654)nn2)nn1. The largest absolute Gasteiger partial charge is 0.397 e. The van der Waals surface area contributed by atoms with E-state index in [0.29, 0.717) is 25.0 Å². The Hall–Kier alpha value is -2.75. The van der Waals surface area contributed by atoms with Crippen LogP contribution < -0.4 is 0 Å². The topological polar surface area (TPSA) is 159 Å². The summed E-state index contributed by atoms with van der Waals surface area (Å²) in [5, 5.41) is 27.3. The lowest BCUT2D eigenvalue weighted by molar-refractivity contribution is -0.421. The van der Waals surface area contributed by atoms with Gasteiger partial charge in [0.1, 0.15) is 0 Å². The van der Waals surface area contributed by atoms with E-state index in [1.165, 1.54) is 68.9 Å². The van der Waals surface area contributed by atoms with Crippen LogP contribution in [0.2, 0.25) is 0 Å². The van der Waals surface area contributed by atoms with E-state index in [0.717, 1.165) is 52.6 Å². The van der Waals surface area contributed by atoms with Gasteiger partial charge in [-0.05, 0) is 99.7 Å². The molecule has 0 aliphatic heterocycles. The maximum Gasteiger partial charge on any atom is 0.397 e. The van der Waals surface area contributed by atoms with Gasteiger partial charge in [-0.3, -0.25) is 9.45 Å². The van der Waals surface area contributed by atoms with E-state index >= 15 is 0 Å². The Kier molecular flexibility index (Phi) is 5.59. The third-order valence-corrected chi connectivity index (χ3v) is 13.9. The number of nitrogens with zero attached hydrogens (tertiary/aromatic N) is 10. The summed E-state index contributed by atoms with van der Waals surface area (Å²) in [6.07, 6.45) is 19.3. The number of aromatic nitrogens is 9. The first-order chi connectivity index (χ1) is 21.7. The summed E-state index contributed by atoms with van der Waals surface area (Å²) in [4.78, 5) is 2.25. The van der Waals surface area contributed by atoms with Gasteiger partial charge in [0, 0.05) is 31.2 Å². The highest BCUT2D eigenvalue weighted by atomic mass is 32.3. The van der Waals surface area contributed by atoms with E-state index < -0.39 is 10.4 Å². The molecular weight excluding hydrogens is 596 g/mol. The summed E-state index contributed by atoms with van der Waals surface area (Å²) in [5.41, 5.74) is 3.46. The summed E-state index contributed by atoms with van der Waals surface area (Å²) in [5.74, 6) is 5.21. The Morgan fingerprint density at radius 2 is 1.31 bits per heavy atom. The summed E-state index contributed by atoms with van der Waals surface area (Å²) in [7, 11) is -4.50. The molecule has 15 heteroatoms. The fraction of sp³-hybridized carbons (Fsp3) is 0.800. The third-order valence-electron chi connectivity index (χ3n) is 13.4. The molecule has 1 spiro atoms. The van der Waals surface area contributed by atoms with E-state index in [1.54, 1.807) is 6.20 Å². The zero-order chi connectivity index (χ0) is 30.2. The Morgan fingerprint density at radius 1 is 0.756 bits per heavy atom. The molecule has 4 bridgehead atoms. The minimum absolute atomic E-state index is 0.126. The van der Waals surface area contributed by atoms with Gasteiger partial charge >= 0.3 is 10.4 Å². The van der Waals surface area contributed by atoms with Crippen molar-refractivity contribution in [3.05, 3.63) is 35.7 Å². The Morgan fingerprint density at radius 3 is 1.89 bits per heavy atom. The van der Waals surface area contributed by atoms with Crippen molar-refractivity contribution in [1.82, 2.24) is 49.9 Å². The monoisotopic (exact) mass is 636 g/mol. The van der Waals surface area contributed by atoms with Crippen molar-refractivity contribution >= 4 is 10.4 Å². The van der Waals surface area contributed by atoms with Crippen LogP contribution in [-0.4, -0.2) is 69.5 Å². The van der Waals surface area contributed by atoms with Gasteiger partial charge in [0.05, 0.1) is 53.7 Å². The van der Waals surface area contributed by atoms with Crippen LogP contribution in [0, 0.1) is 40.9 Å². The molecule has 0 saturated heterocycles. The van der Waals surface area contributed by atoms with Gasteiger partial charge in [-0.1, -0.05) is 15.6 Å². The second-order valence-electron chi connectivity index (χ2n) is 15.8. The molecule has 3 aromatic heterocycles. The maximum absolute atomic E-state index is 10.9. The molecule has 8 saturated carbocycles. The fourth-order valence-electron chi connectivity index (χ4n) is 12.4. The molecule has 45 heavy (non-hydrogen) atoms. The minimum atomic E-state index is -4.50. The van der Waals surface area contributed by atoms with Crippen molar-refractivity contribution in [2.45, 2.75) is 101 Å². The Bertz CT molecular complexity index is 1700. The van der Waals surface area contributed by atoms with Gasteiger partial charge in [-0.25, -0.2) is 18.2 Å². The molecule has 11 rings (SSSR count). The van der Waals surface area contributed by atoms with Gasteiger partial charge in [0.25, 0.3) is 0 Å². The summed E-state index contributed by atoms with van der Waals surface area (Å²) in [6, 6.07) is 0. The lowest BCUT2D eigenvalue weighted by Gasteiger charge is -2.90. The van der Waals surface area contributed by atoms with E-state index in [9.17, 15) is 8.42 Å². The molecule has 0 radical (unpaired) electrons. The molecule has 240 valence electrons. The molecule has 0 aromatic carbocycles. The minimum Gasteiger partial charge on any atom is -0.285 e. The van der Waals surface area contributed by atoms with Crippen LogP contribution in [0.5, 0.6) is 0 Å². The predicted octanol–water partition coefficient (Wildman–Crippen LogP) is 2.55. The van der Waals surface area contributed by atoms with Crippen LogP contribution in [0.1, 0.15) is 81.3 Å². The van der Waals surface area contributed by atoms with E-state index in [2.05, 4.69) is 51.3 Å². The highest BCUT2D eigenvalue weighted by Crippen LogP contribution is 2.91. The van der Waals surface area contributed by atoms with Crippen molar-refractivity contribution < 1.29 is 17.2 Å². The first kappa shape index (κ1) is 27.4. The molecule has 8 fully saturated rings. The van der Waals surface area contributed by atoms with Crippen LogP contribution in [-0.2, 0) is 51.8 Å². The molecule has 2 atom stereocenters. The molecule has 2 unspecified atom stereocenters. The van der Waals surface area contributed by atoms with Crippen molar-refractivity contribution in [3.8, 4) is 0 Å². The Balaban J connectivity index is 0.879. The normalized spacial score (nSPS) is 40.0. The lowest BCUT2D eigenvalue weighted by Crippen LogP contribution is -2.88. The summed E-state index contributed by atoms with van der Waals surface area (Å²) < 4.78 is 41.1. The third kappa shape index (κ3) is 3.92. The molecule has 3 aromatic rings. The van der Waals surface area contributed by atoms with E-state index in [1.807, 2.05) is 0 Å². The van der Waals surface area contributed by atoms with Crippen LogP contribution in [0.15, 0.2) is 18.6 Å². The maximum atomic E-state index is 10.9. The lowest BCUT2D eigenvalue weighted by atomic mass is 9.15. The number of rotatable bonds is 12.